The van der Waals surface area contributed by atoms with Gasteiger partial charge in [-0.15, -0.1) is 0 Å². The van der Waals surface area contributed by atoms with Crippen LogP contribution in [-0.2, 0) is 12.5 Å². The summed E-state index contributed by atoms with van der Waals surface area (Å²) in [6.07, 6.45) is -14.8. The third-order valence-corrected chi connectivity index (χ3v) is 6.36. The smallest absolute Gasteiger partial charge is 0.457 e. The van der Waals surface area contributed by atoms with Crippen molar-refractivity contribution < 1.29 is 66.9 Å². The Morgan fingerprint density at radius 1 is 0.721 bits per heavy atom. The van der Waals surface area contributed by atoms with Gasteiger partial charge in [-0.05, 0) is 53.7 Å². The maximum Gasteiger partial charge on any atom is 0.460 e. The summed E-state index contributed by atoms with van der Waals surface area (Å²) < 4.78 is 177. The van der Waals surface area contributed by atoms with Gasteiger partial charge in [-0.25, -0.2) is 0 Å². The highest BCUT2D eigenvalue weighted by Crippen LogP contribution is 2.52. The van der Waals surface area contributed by atoms with Gasteiger partial charge in [0.15, 0.2) is 6.10 Å². The van der Waals surface area contributed by atoms with Crippen molar-refractivity contribution in [3.05, 3.63) is 83.9 Å². The summed E-state index contributed by atoms with van der Waals surface area (Å²) in [7, 11) is 0. The average molecular weight is 655 g/mol. The molecule has 0 aromatic heterocycles. The Morgan fingerprint density at radius 3 is 1.88 bits per heavy atom. The molecule has 0 saturated heterocycles. The molecule has 0 radical (unpaired) electrons. The molecule has 3 nitrogen and oxygen atoms in total. The van der Waals surface area contributed by atoms with Crippen LogP contribution < -0.4 is 9.64 Å². The average Bonchev–Trinajstić information content (AvgIpc) is 2.86. The van der Waals surface area contributed by atoms with E-state index >= 15 is 0 Å². The van der Waals surface area contributed by atoms with Gasteiger partial charge in [0.2, 0.25) is 0 Å². The second-order valence-corrected chi connectivity index (χ2v) is 10.0. The second-order valence-electron chi connectivity index (χ2n) is 8.91. The van der Waals surface area contributed by atoms with Crippen molar-refractivity contribution in [2.75, 3.05) is 11.4 Å². The summed E-state index contributed by atoms with van der Waals surface area (Å²) in [6.45, 7) is -2.04. The molecule has 3 aromatic carbocycles. The predicted octanol–water partition coefficient (Wildman–Crippen LogP) is 9.31. The molecular formula is C26H18F13NO2S. The van der Waals surface area contributed by atoms with Crippen LogP contribution in [0.3, 0.4) is 0 Å². The van der Waals surface area contributed by atoms with Gasteiger partial charge < -0.3 is 14.7 Å². The molecule has 17 heteroatoms. The van der Waals surface area contributed by atoms with Crippen LogP contribution in [0.25, 0.3) is 0 Å². The molecule has 43 heavy (non-hydrogen) atoms. The van der Waals surface area contributed by atoms with Crippen LogP contribution in [0.5, 0.6) is 11.5 Å². The lowest BCUT2D eigenvalue weighted by Crippen LogP contribution is -2.50. The monoisotopic (exact) mass is 655 g/mol. The van der Waals surface area contributed by atoms with Gasteiger partial charge in [0.1, 0.15) is 11.5 Å². The number of hydrogen-bond acceptors (Lipinski definition) is 4. The quantitative estimate of drug-likeness (QED) is 0.174. The number of rotatable bonds is 10. The number of hydrogen-bond donors (Lipinski definition) is 1. The van der Waals surface area contributed by atoms with Crippen LogP contribution >= 0.6 is 11.8 Å². The first-order valence-electron chi connectivity index (χ1n) is 11.7. The molecule has 236 valence electrons. The van der Waals surface area contributed by atoms with Crippen LogP contribution in [0.4, 0.5) is 62.8 Å². The number of thioether (sulfide) groups is 1. The Labute approximate surface area is 238 Å². The van der Waals surface area contributed by atoms with E-state index in [2.05, 4.69) is 0 Å². The van der Waals surface area contributed by atoms with E-state index in [-0.39, 0.29) is 34.2 Å². The molecule has 0 aliphatic carbocycles. The van der Waals surface area contributed by atoms with Crippen LogP contribution in [0, 0.1) is 0 Å². The maximum absolute atomic E-state index is 14.3. The highest BCUT2D eigenvalue weighted by atomic mass is 32.2. The number of benzene rings is 3. The maximum atomic E-state index is 14.3. The lowest BCUT2D eigenvalue weighted by molar-refractivity contribution is -0.359. The first-order chi connectivity index (χ1) is 19.6. The van der Waals surface area contributed by atoms with Crippen molar-refractivity contribution in [3.8, 4) is 11.5 Å². The first kappa shape index (κ1) is 34.2. The van der Waals surface area contributed by atoms with Gasteiger partial charge >= 0.3 is 29.7 Å². The van der Waals surface area contributed by atoms with Gasteiger partial charge in [0, 0.05) is 28.8 Å². The SMILES string of the molecule is OC(CN(Cc1cccc(C(F)(F)C(F)(F)C(F)(F)F)c1)c1cccc(Oc2cccc(SC(F)(F)F)c2)c1)C(F)(F)F. The zero-order valence-corrected chi connectivity index (χ0v) is 21.9. The largest absolute Gasteiger partial charge is 0.460 e. The summed E-state index contributed by atoms with van der Waals surface area (Å²) in [5.41, 5.74) is -6.97. The summed E-state index contributed by atoms with van der Waals surface area (Å²) in [6, 6.07) is 11.7. The molecule has 0 aliphatic rings. The number of alkyl halides is 13. The molecule has 0 bridgehead atoms. The van der Waals surface area contributed by atoms with Crippen molar-refractivity contribution in [1.82, 2.24) is 0 Å². The molecule has 0 aliphatic heterocycles. The molecule has 0 spiro atoms. The third kappa shape index (κ3) is 8.61. The van der Waals surface area contributed by atoms with E-state index in [9.17, 15) is 62.2 Å². The zero-order chi connectivity index (χ0) is 32.4. The predicted molar refractivity (Wildman–Crippen MR) is 129 cm³/mol. The normalized spacial score (nSPS) is 14.0. The second kappa shape index (κ2) is 12.3. The van der Waals surface area contributed by atoms with Gasteiger partial charge in [-0.3, -0.25) is 0 Å². The Kier molecular flexibility index (Phi) is 9.80. The number of aliphatic hydroxyl groups excluding tert-OH is 1. The van der Waals surface area contributed by atoms with Crippen LogP contribution in [0.15, 0.2) is 77.7 Å². The Hall–Kier alpha value is -3.34. The van der Waals surface area contributed by atoms with Gasteiger partial charge in [0.25, 0.3) is 0 Å². The molecule has 0 heterocycles. The van der Waals surface area contributed by atoms with Crippen molar-refractivity contribution in [1.29, 1.82) is 0 Å². The molecule has 0 amide bonds. The summed E-state index contributed by atoms with van der Waals surface area (Å²) >= 11 is -0.436. The fraction of sp³-hybridized carbons (Fsp3) is 0.308. The first-order valence-corrected chi connectivity index (χ1v) is 12.5. The molecule has 0 saturated carbocycles. The number of nitrogens with zero attached hydrogens (tertiary/aromatic N) is 1. The molecule has 3 aromatic rings. The van der Waals surface area contributed by atoms with Gasteiger partial charge in [0.05, 0.1) is 6.54 Å². The van der Waals surface area contributed by atoms with Gasteiger partial charge in [-0.2, -0.15) is 57.1 Å². The van der Waals surface area contributed by atoms with Crippen LogP contribution in [0.2, 0.25) is 0 Å². The topological polar surface area (TPSA) is 32.7 Å². The lowest BCUT2D eigenvalue weighted by Gasteiger charge is -2.30. The molecule has 0 fully saturated rings. The van der Waals surface area contributed by atoms with Crippen LogP contribution in [0.1, 0.15) is 11.1 Å². The van der Waals surface area contributed by atoms with E-state index in [1.807, 2.05) is 0 Å². The standard InChI is InChI=1S/C26H18F13NO2S/c27-22(28,24(32,33)25(34,35)36)16-5-1-4-15(10-16)13-40(14-21(41)23(29,30)31)17-6-2-7-18(11-17)42-19-8-3-9-20(12-19)43-26(37,38)39/h1-12,21,41H,13-14H2. The minimum absolute atomic E-state index is 0.103. The van der Waals surface area contributed by atoms with Crippen molar-refractivity contribution >= 4 is 17.4 Å². The molecule has 1 unspecified atom stereocenters. The summed E-state index contributed by atoms with van der Waals surface area (Å²) in [4.78, 5) is 0.518. The highest BCUT2D eigenvalue weighted by molar-refractivity contribution is 8.00. The van der Waals surface area contributed by atoms with E-state index in [0.717, 1.165) is 29.2 Å². The fourth-order valence-electron chi connectivity index (χ4n) is 3.63. The Morgan fingerprint density at radius 2 is 1.30 bits per heavy atom. The minimum Gasteiger partial charge on any atom is -0.457 e. The van der Waals surface area contributed by atoms with E-state index in [1.54, 1.807) is 0 Å². The van der Waals surface area contributed by atoms with E-state index in [1.165, 1.54) is 30.3 Å². The minimum atomic E-state index is -6.62. The number of halogens is 13. The van der Waals surface area contributed by atoms with Gasteiger partial charge in [-0.1, -0.05) is 30.3 Å². The van der Waals surface area contributed by atoms with Crippen molar-refractivity contribution in [2.45, 2.75) is 47.3 Å². The number of ether oxygens (including phenoxy) is 1. The molecular weight excluding hydrogens is 637 g/mol. The summed E-state index contributed by atoms with van der Waals surface area (Å²) in [5, 5.41) is 9.67. The molecule has 1 N–H and O–H groups in total. The third-order valence-electron chi connectivity index (χ3n) is 5.64. The van der Waals surface area contributed by atoms with E-state index in [0.29, 0.717) is 6.07 Å². The zero-order valence-electron chi connectivity index (χ0n) is 21.0. The summed E-state index contributed by atoms with van der Waals surface area (Å²) in [5.74, 6) is -12.5. The molecule has 1 atom stereocenters. The number of aliphatic hydroxyl groups is 1. The van der Waals surface area contributed by atoms with Crippen molar-refractivity contribution in [2.24, 2.45) is 0 Å². The number of anilines is 1. The Bertz CT molecular complexity index is 1390. The lowest BCUT2D eigenvalue weighted by atomic mass is 9.99. The Balaban J connectivity index is 1.95. The van der Waals surface area contributed by atoms with Crippen molar-refractivity contribution in [3.63, 3.8) is 0 Å². The fourth-order valence-corrected chi connectivity index (χ4v) is 4.22. The highest BCUT2D eigenvalue weighted by Gasteiger charge is 2.73. The van der Waals surface area contributed by atoms with Crippen LogP contribution in [-0.4, -0.2) is 41.5 Å². The van der Waals surface area contributed by atoms with E-state index < -0.39 is 71.8 Å². The van der Waals surface area contributed by atoms with E-state index in [4.69, 9.17) is 4.74 Å². The molecule has 3 rings (SSSR count).